The zero-order valence-electron chi connectivity index (χ0n) is 17.7. The topological polar surface area (TPSA) is 54.5 Å². The molecule has 0 radical (unpaired) electrons. The van der Waals surface area contributed by atoms with Crippen LogP contribution in [0.15, 0.2) is 56.3 Å². The van der Waals surface area contributed by atoms with Crippen molar-refractivity contribution in [2.24, 2.45) is 0 Å². The molecule has 2 aromatic carbocycles. The Morgan fingerprint density at radius 3 is 2.16 bits per heavy atom. The number of quaternary nitrogens is 1. The molecule has 0 atom stereocenters. The van der Waals surface area contributed by atoms with Crippen LogP contribution in [-0.4, -0.2) is 49.3 Å². The second kappa shape index (κ2) is 10.9. The first-order valence-electron chi connectivity index (χ1n) is 10.2. The van der Waals surface area contributed by atoms with Gasteiger partial charge in [-0.15, -0.1) is 0 Å². The van der Waals surface area contributed by atoms with E-state index in [1.165, 1.54) is 11.6 Å². The van der Waals surface area contributed by atoms with E-state index in [4.69, 9.17) is 0 Å². The number of hydrogen-bond donors (Lipinski definition) is 0. The summed E-state index contributed by atoms with van der Waals surface area (Å²) in [5.74, 6) is -0.423. The first kappa shape index (κ1) is 26.5. The second-order valence-electron chi connectivity index (χ2n) is 7.71. The Labute approximate surface area is 212 Å². The molecule has 0 spiro atoms. The highest BCUT2D eigenvalue weighted by Gasteiger charge is 2.40. The lowest BCUT2D eigenvalue weighted by Gasteiger charge is -2.37. The zero-order chi connectivity index (χ0) is 21.9. The van der Waals surface area contributed by atoms with Gasteiger partial charge >= 0.3 is 0 Å². The highest BCUT2D eigenvalue weighted by Crippen LogP contribution is 2.32. The van der Waals surface area contributed by atoms with Crippen LogP contribution in [0.2, 0.25) is 0 Å². The van der Waals surface area contributed by atoms with Gasteiger partial charge in [0.1, 0.15) is 11.4 Å². The minimum atomic E-state index is -3.74. The predicted molar refractivity (Wildman–Crippen MR) is 126 cm³/mol. The summed E-state index contributed by atoms with van der Waals surface area (Å²) in [6.45, 7) is 8.53. The third kappa shape index (κ3) is 5.79. The molecule has 0 fully saturated rings. The lowest BCUT2D eigenvalue weighted by atomic mass is 10.1. The summed E-state index contributed by atoms with van der Waals surface area (Å²) in [6, 6.07) is 13.2. The van der Waals surface area contributed by atoms with Crippen molar-refractivity contribution in [1.82, 2.24) is 4.31 Å². The number of fused-ring (bicyclic) bond motifs is 1. The number of rotatable bonds is 9. The molecule has 1 heterocycles. The Hall–Kier alpha value is -0.740. The molecule has 9 heteroatoms. The van der Waals surface area contributed by atoms with Gasteiger partial charge in [-0.25, -0.2) is 12.7 Å². The van der Waals surface area contributed by atoms with Gasteiger partial charge in [0.2, 0.25) is 0 Å². The van der Waals surface area contributed by atoms with Crippen molar-refractivity contribution in [3.05, 3.63) is 62.5 Å². The van der Waals surface area contributed by atoms with Crippen LogP contribution in [-0.2, 0) is 16.6 Å². The lowest BCUT2D eigenvalue weighted by Crippen LogP contribution is -3.00. The van der Waals surface area contributed by atoms with Crippen LogP contribution < -0.4 is 17.0 Å². The SMILES string of the molecule is CC[N+](CC)(CCCCN1C(=O)c2cc(Br)ccc2S1(=O)=O)Cc1ccc(Br)cc1.[Br-]. The maximum atomic E-state index is 12.8. The summed E-state index contributed by atoms with van der Waals surface area (Å²) in [6.07, 6.45) is 1.51. The Balaban J connectivity index is 0.00000341. The fraction of sp³-hybridized carbons (Fsp3) is 0.409. The molecule has 170 valence electrons. The van der Waals surface area contributed by atoms with Gasteiger partial charge in [0.15, 0.2) is 0 Å². The van der Waals surface area contributed by atoms with Crippen LogP contribution >= 0.6 is 31.9 Å². The van der Waals surface area contributed by atoms with Gasteiger partial charge in [0.05, 0.1) is 25.2 Å². The number of nitrogens with zero attached hydrogens (tertiary/aromatic N) is 2. The van der Waals surface area contributed by atoms with Gasteiger partial charge in [-0.3, -0.25) is 4.79 Å². The molecular formula is C22H27Br3N2O3S. The minimum Gasteiger partial charge on any atom is -1.00 e. The molecule has 31 heavy (non-hydrogen) atoms. The molecule has 0 aliphatic carbocycles. The predicted octanol–water partition coefficient (Wildman–Crippen LogP) is 2.20. The van der Waals surface area contributed by atoms with Crippen molar-refractivity contribution < 1.29 is 34.7 Å². The van der Waals surface area contributed by atoms with Crippen LogP contribution in [0, 0.1) is 0 Å². The average Bonchev–Trinajstić information content (AvgIpc) is 2.91. The quantitative estimate of drug-likeness (QED) is 0.313. The molecule has 0 N–H and O–H groups in total. The molecule has 0 saturated heterocycles. The monoisotopic (exact) mass is 636 g/mol. The molecule has 5 nitrogen and oxygen atoms in total. The minimum absolute atomic E-state index is 0. The van der Waals surface area contributed by atoms with Crippen molar-refractivity contribution in [3.8, 4) is 0 Å². The van der Waals surface area contributed by atoms with E-state index < -0.39 is 15.9 Å². The molecule has 1 aliphatic rings. The Morgan fingerprint density at radius 2 is 1.55 bits per heavy atom. The average molecular weight is 639 g/mol. The molecule has 3 rings (SSSR count). The fourth-order valence-electron chi connectivity index (χ4n) is 4.00. The molecule has 1 amide bonds. The third-order valence-corrected chi connectivity index (χ3v) is 8.85. The van der Waals surface area contributed by atoms with Crippen molar-refractivity contribution in [1.29, 1.82) is 0 Å². The van der Waals surface area contributed by atoms with E-state index in [-0.39, 0.29) is 34.0 Å². The van der Waals surface area contributed by atoms with Crippen LogP contribution in [0.3, 0.4) is 0 Å². The maximum absolute atomic E-state index is 12.8. The summed E-state index contributed by atoms with van der Waals surface area (Å²) in [7, 11) is -3.74. The van der Waals surface area contributed by atoms with E-state index in [2.05, 4.69) is 70.0 Å². The van der Waals surface area contributed by atoms with Crippen LogP contribution in [0.1, 0.15) is 42.6 Å². The number of benzene rings is 2. The summed E-state index contributed by atoms with van der Waals surface area (Å²) in [5, 5.41) is 0. The number of carbonyl (C=O) groups excluding carboxylic acids is 1. The highest BCUT2D eigenvalue weighted by molar-refractivity contribution is 9.10. The van der Waals surface area contributed by atoms with Crippen molar-refractivity contribution in [2.75, 3.05) is 26.2 Å². The highest BCUT2D eigenvalue weighted by atomic mass is 79.9. The van der Waals surface area contributed by atoms with Crippen LogP contribution in [0.5, 0.6) is 0 Å². The number of carbonyl (C=O) groups is 1. The standard InChI is InChI=1S/C22H27Br2N2O3S.BrH/c1-3-26(4-2,16-17-7-9-18(23)10-8-17)14-6-5-13-25-22(27)20-15-19(24)11-12-21(20)30(25,28)29;/h7-12,15H,3-6,13-14,16H2,1-2H3;1H/q+1;/p-1. The molecule has 2 aromatic rings. The first-order chi connectivity index (χ1) is 14.2. The first-order valence-corrected chi connectivity index (χ1v) is 13.2. The van der Waals surface area contributed by atoms with Gasteiger partial charge in [0.25, 0.3) is 15.9 Å². The van der Waals surface area contributed by atoms with E-state index in [0.29, 0.717) is 10.9 Å². The number of halogens is 3. The van der Waals surface area contributed by atoms with Gasteiger partial charge < -0.3 is 21.5 Å². The van der Waals surface area contributed by atoms with E-state index in [0.717, 1.165) is 45.9 Å². The van der Waals surface area contributed by atoms with Gasteiger partial charge in [-0.05, 0) is 57.0 Å². The largest absolute Gasteiger partial charge is 1.00 e. The fourth-order valence-corrected chi connectivity index (χ4v) is 6.21. The van der Waals surface area contributed by atoms with Crippen molar-refractivity contribution in [3.63, 3.8) is 0 Å². The molecular weight excluding hydrogens is 612 g/mol. The summed E-state index contributed by atoms with van der Waals surface area (Å²) in [4.78, 5) is 12.8. The Bertz CT molecular complexity index is 1020. The van der Waals surface area contributed by atoms with E-state index in [9.17, 15) is 13.2 Å². The zero-order valence-corrected chi connectivity index (χ0v) is 23.2. The molecule has 0 bridgehead atoms. The van der Waals surface area contributed by atoms with Gasteiger partial charge in [0, 0.05) is 21.1 Å². The molecule has 0 saturated carbocycles. The van der Waals surface area contributed by atoms with E-state index in [1.54, 1.807) is 12.1 Å². The van der Waals surface area contributed by atoms with E-state index in [1.807, 2.05) is 0 Å². The Kier molecular flexibility index (Phi) is 9.34. The summed E-state index contributed by atoms with van der Waals surface area (Å²) >= 11 is 6.79. The van der Waals surface area contributed by atoms with Crippen molar-refractivity contribution >= 4 is 47.8 Å². The maximum Gasteiger partial charge on any atom is 0.269 e. The van der Waals surface area contributed by atoms with Crippen molar-refractivity contribution in [2.45, 2.75) is 38.1 Å². The molecule has 1 aliphatic heterocycles. The van der Waals surface area contributed by atoms with Crippen LogP contribution in [0.4, 0.5) is 0 Å². The second-order valence-corrected chi connectivity index (χ2v) is 11.4. The number of unbranched alkanes of at least 4 members (excludes halogenated alkanes) is 1. The molecule has 0 unspecified atom stereocenters. The lowest BCUT2D eigenvalue weighted by molar-refractivity contribution is -0.938. The van der Waals surface area contributed by atoms with E-state index >= 15 is 0 Å². The normalized spacial score (nSPS) is 15.0. The van der Waals surface area contributed by atoms with Gasteiger partial charge in [-0.1, -0.05) is 44.0 Å². The smallest absolute Gasteiger partial charge is 0.269 e. The summed E-state index contributed by atoms with van der Waals surface area (Å²) < 4.78 is 29.3. The number of hydrogen-bond acceptors (Lipinski definition) is 3. The molecule has 0 aromatic heterocycles. The number of amides is 1. The Morgan fingerprint density at radius 1 is 0.935 bits per heavy atom. The number of sulfonamides is 1. The summed E-state index contributed by atoms with van der Waals surface area (Å²) in [5.41, 5.74) is 1.55. The van der Waals surface area contributed by atoms with Gasteiger partial charge in [-0.2, -0.15) is 0 Å². The third-order valence-electron chi connectivity index (χ3n) is 5.98. The van der Waals surface area contributed by atoms with Crippen LogP contribution in [0.25, 0.3) is 0 Å².